The lowest BCUT2D eigenvalue weighted by atomic mass is 10.0. The van der Waals surface area contributed by atoms with Crippen LogP contribution < -0.4 is 5.32 Å². The molecule has 0 saturated heterocycles. The fourth-order valence-electron chi connectivity index (χ4n) is 4.52. The van der Waals surface area contributed by atoms with E-state index in [0.717, 1.165) is 39.8 Å². The Bertz CT molecular complexity index is 1640. The normalized spacial score (nSPS) is 12.1. The summed E-state index contributed by atoms with van der Waals surface area (Å²) in [5, 5.41) is 18.7. The van der Waals surface area contributed by atoms with Crippen molar-refractivity contribution in [1.29, 1.82) is 0 Å². The lowest BCUT2D eigenvalue weighted by molar-refractivity contribution is -0.141. The number of carbonyl (C=O) groups excluding carboxylic acids is 1. The smallest absolute Gasteiger partial charge is 0.326 e. The first-order valence-electron chi connectivity index (χ1n) is 12.6. The molecule has 1 amide bonds. The third-order valence-electron chi connectivity index (χ3n) is 6.52. The average Bonchev–Trinajstić information content (AvgIpc) is 3.55. The van der Waals surface area contributed by atoms with Gasteiger partial charge in [-0.3, -0.25) is 4.79 Å². The number of hydrogen-bond donors (Lipinski definition) is 3. The summed E-state index contributed by atoms with van der Waals surface area (Å²) in [6, 6.07) is 24.1. The number of fused-ring (bicyclic) bond motifs is 1. The first kappa shape index (κ1) is 26.0. The highest BCUT2D eigenvalue weighted by atomic mass is 35.5. The van der Waals surface area contributed by atoms with Gasteiger partial charge in [0.05, 0.1) is 11.4 Å². The fourth-order valence-corrected chi connectivity index (χ4v) is 4.71. The zero-order valence-electron chi connectivity index (χ0n) is 21.0. The Morgan fingerprint density at radius 2 is 1.82 bits per heavy atom. The maximum Gasteiger partial charge on any atom is 0.326 e. The number of para-hydroxylation sites is 1. The van der Waals surface area contributed by atoms with E-state index in [9.17, 15) is 14.7 Å². The predicted octanol–water partition coefficient (Wildman–Crippen LogP) is 5.62. The number of aromatic amines is 1. The summed E-state index contributed by atoms with van der Waals surface area (Å²) in [5.41, 5.74) is 5.32. The maximum absolute atomic E-state index is 12.8. The van der Waals surface area contributed by atoms with Crippen molar-refractivity contribution in [2.45, 2.75) is 25.3 Å². The maximum atomic E-state index is 12.8. The van der Waals surface area contributed by atoms with E-state index >= 15 is 0 Å². The van der Waals surface area contributed by atoms with Gasteiger partial charge in [0.15, 0.2) is 0 Å². The topological polar surface area (TPSA) is 100 Å². The van der Waals surface area contributed by atoms with Gasteiger partial charge in [0.2, 0.25) is 5.91 Å². The van der Waals surface area contributed by atoms with Crippen molar-refractivity contribution >= 4 is 40.5 Å². The van der Waals surface area contributed by atoms with Gasteiger partial charge >= 0.3 is 5.97 Å². The van der Waals surface area contributed by atoms with Crippen LogP contribution in [0.5, 0.6) is 0 Å². The first-order valence-corrected chi connectivity index (χ1v) is 13.0. The molecule has 2 aromatic heterocycles. The summed E-state index contributed by atoms with van der Waals surface area (Å²) in [5.74, 6) is -1.59. The number of carboxylic acids is 1. The van der Waals surface area contributed by atoms with Crippen molar-refractivity contribution in [1.82, 2.24) is 20.1 Å². The van der Waals surface area contributed by atoms with E-state index in [2.05, 4.69) is 22.4 Å². The second kappa shape index (κ2) is 11.8. The molecular weight excluding hydrogens is 512 g/mol. The molecule has 5 rings (SSSR count). The molecule has 1 unspecified atom stereocenters. The van der Waals surface area contributed by atoms with Gasteiger partial charge in [-0.1, -0.05) is 66.2 Å². The van der Waals surface area contributed by atoms with Gasteiger partial charge in [0.25, 0.3) is 0 Å². The quantitative estimate of drug-likeness (QED) is 0.201. The Kier molecular flexibility index (Phi) is 7.89. The summed E-state index contributed by atoms with van der Waals surface area (Å²) in [6.45, 7) is 0. The van der Waals surface area contributed by atoms with Crippen molar-refractivity contribution in [2.24, 2.45) is 0 Å². The number of hydrogen-bond acceptors (Lipinski definition) is 3. The molecule has 0 aliphatic rings. The Balaban J connectivity index is 1.34. The minimum atomic E-state index is -1.10. The van der Waals surface area contributed by atoms with E-state index in [4.69, 9.17) is 16.7 Å². The van der Waals surface area contributed by atoms with Crippen LogP contribution in [0.4, 0.5) is 0 Å². The number of aliphatic carboxylic acids is 1. The lowest BCUT2D eigenvalue weighted by Crippen LogP contribution is -2.41. The largest absolute Gasteiger partial charge is 0.480 e. The third kappa shape index (κ3) is 6.45. The zero-order chi connectivity index (χ0) is 27.2. The molecule has 0 bridgehead atoms. The minimum absolute atomic E-state index is 0.161. The van der Waals surface area contributed by atoms with Gasteiger partial charge in [-0.15, -0.1) is 0 Å². The van der Waals surface area contributed by atoms with Gasteiger partial charge in [0, 0.05) is 46.4 Å². The molecule has 39 heavy (non-hydrogen) atoms. The van der Waals surface area contributed by atoms with E-state index in [1.165, 1.54) is 11.6 Å². The van der Waals surface area contributed by atoms with Crippen molar-refractivity contribution in [2.75, 3.05) is 0 Å². The molecule has 2 heterocycles. The summed E-state index contributed by atoms with van der Waals surface area (Å²) >= 11 is 6.18. The van der Waals surface area contributed by atoms with Crippen LogP contribution in [0.1, 0.15) is 22.4 Å². The number of nitrogens with zero attached hydrogens (tertiary/aromatic N) is 2. The van der Waals surface area contributed by atoms with Gasteiger partial charge in [-0.25, -0.2) is 9.48 Å². The van der Waals surface area contributed by atoms with Gasteiger partial charge < -0.3 is 15.4 Å². The third-order valence-corrected chi connectivity index (χ3v) is 6.75. The lowest BCUT2D eigenvalue weighted by Gasteiger charge is -2.12. The number of carboxylic acid groups (broad SMARTS) is 1. The highest BCUT2D eigenvalue weighted by molar-refractivity contribution is 6.30. The summed E-state index contributed by atoms with van der Waals surface area (Å²) in [7, 11) is 0. The van der Waals surface area contributed by atoms with E-state index in [-0.39, 0.29) is 6.42 Å². The predicted molar refractivity (Wildman–Crippen MR) is 153 cm³/mol. The molecule has 0 spiro atoms. The highest BCUT2D eigenvalue weighted by Crippen LogP contribution is 2.21. The molecule has 3 aromatic carbocycles. The Morgan fingerprint density at radius 3 is 2.62 bits per heavy atom. The molecule has 0 aliphatic heterocycles. The zero-order valence-corrected chi connectivity index (χ0v) is 21.8. The second-order valence-electron chi connectivity index (χ2n) is 9.24. The fraction of sp³-hybridized carbons (Fsp3) is 0.129. The van der Waals surface area contributed by atoms with Crippen LogP contribution >= 0.6 is 11.6 Å². The monoisotopic (exact) mass is 538 g/mol. The number of benzene rings is 3. The van der Waals surface area contributed by atoms with Gasteiger partial charge in [0.1, 0.15) is 6.04 Å². The number of aryl methyl sites for hydroxylation is 2. The molecule has 0 saturated carbocycles. The van der Waals surface area contributed by atoms with Gasteiger partial charge in [-0.05, 0) is 54.3 Å². The molecular formula is C31H27ClN4O3. The SMILES string of the molecule is O=C(/C=C/c1cn(-c2cccc(Cl)c2)nc1CCc1ccccc1)NC(Cc1c[nH]c2ccccc12)C(=O)O. The molecule has 5 aromatic rings. The number of aromatic nitrogens is 3. The molecule has 0 radical (unpaired) electrons. The van der Waals surface area contributed by atoms with Crippen LogP contribution in [0.2, 0.25) is 5.02 Å². The summed E-state index contributed by atoms with van der Waals surface area (Å²) in [6.07, 6.45) is 8.27. The van der Waals surface area contributed by atoms with Crippen LogP contribution in [-0.4, -0.2) is 37.8 Å². The van der Waals surface area contributed by atoms with E-state index < -0.39 is 17.9 Å². The van der Waals surface area contributed by atoms with Crippen molar-refractivity contribution in [3.05, 3.63) is 125 Å². The minimum Gasteiger partial charge on any atom is -0.480 e. The van der Waals surface area contributed by atoms with Crippen molar-refractivity contribution in [3.63, 3.8) is 0 Å². The molecule has 196 valence electrons. The Labute approximate surface area is 230 Å². The standard InChI is InChI=1S/C31H27ClN4O3/c32-24-9-6-10-25(18-24)36-20-22(27(35-36)15-13-21-7-2-1-3-8-21)14-16-30(37)34-29(31(38)39)17-23-19-33-28-12-5-4-11-26(23)28/h1-12,14,16,18-20,29,33H,13,15,17H2,(H,34,37)(H,38,39)/b16-14+. The van der Waals surface area contributed by atoms with Crippen LogP contribution in [0.3, 0.4) is 0 Å². The second-order valence-corrected chi connectivity index (χ2v) is 9.67. The number of nitrogens with one attached hydrogen (secondary N) is 2. The van der Waals surface area contributed by atoms with Gasteiger partial charge in [-0.2, -0.15) is 5.10 Å². The molecule has 0 fully saturated rings. The van der Waals surface area contributed by atoms with Crippen LogP contribution in [0.25, 0.3) is 22.7 Å². The van der Waals surface area contributed by atoms with Crippen LogP contribution in [0.15, 0.2) is 97.3 Å². The molecule has 1 atom stereocenters. The number of rotatable bonds is 10. The summed E-state index contributed by atoms with van der Waals surface area (Å²) < 4.78 is 1.74. The van der Waals surface area contributed by atoms with E-state index in [1.54, 1.807) is 23.0 Å². The Morgan fingerprint density at radius 1 is 1.03 bits per heavy atom. The summed E-state index contributed by atoms with van der Waals surface area (Å²) in [4.78, 5) is 27.9. The molecule has 3 N–H and O–H groups in total. The number of halogens is 1. The number of H-pyrrole nitrogens is 1. The first-order chi connectivity index (χ1) is 19.0. The number of amides is 1. The highest BCUT2D eigenvalue weighted by Gasteiger charge is 2.21. The number of carbonyl (C=O) groups is 2. The van der Waals surface area contributed by atoms with Crippen molar-refractivity contribution < 1.29 is 14.7 Å². The van der Waals surface area contributed by atoms with Crippen LogP contribution in [-0.2, 0) is 28.9 Å². The molecule has 0 aliphatic carbocycles. The molecule has 8 heteroatoms. The molecule has 7 nitrogen and oxygen atoms in total. The average molecular weight is 539 g/mol. The van der Waals surface area contributed by atoms with E-state index in [0.29, 0.717) is 11.4 Å². The Hall–Kier alpha value is -4.62. The van der Waals surface area contributed by atoms with Crippen molar-refractivity contribution in [3.8, 4) is 5.69 Å². The van der Waals surface area contributed by atoms with Crippen LogP contribution in [0, 0.1) is 0 Å². The van der Waals surface area contributed by atoms with E-state index in [1.807, 2.05) is 66.9 Å².